The predicted octanol–water partition coefficient (Wildman–Crippen LogP) is 4.01. The second-order valence-corrected chi connectivity index (χ2v) is 5.95. The van der Waals surface area contributed by atoms with Crippen molar-refractivity contribution in [2.24, 2.45) is 0 Å². The number of rotatable bonds is 6. The fourth-order valence-corrected chi connectivity index (χ4v) is 2.58. The molecular weight excluding hydrogens is 358 g/mol. The monoisotopic (exact) mass is 377 g/mol. The number of amides is 1. The summed E-state index contributed by atoms with van der Waals surface area (Å²) in [6.07, 6.45) is 0. The van der Waals surface area contributed by atoms with Crippen LogP contribution in [0.25, 0.3) is 0 Å². The van der Waals surface area contributed by atoms with Crippen LogP contribution in [0.2, 0.25) is 0 Å². The van der Waals surface area contributed by atoms with E-state index >= 15 is 0 Å². The quantitative estimate of drug-likeness (QED) is 0.501. The van der Waals surface area contributed by atoms with Crippen LogP contribution in [0, 0.1) is 0 Å². The number of hydrogen-bond acceptors (Lipinski definition) is 5. The van der Waals surface area contributed by atoms with E-state index in [1.54, 1.807) is 30.3 Å². The summed E-state index contributed by atoms with van der Waals surface area (Å²) in [5.41, 5.74) is 1.46. The molecule has 3 aromatic carbocycles. The number of methoxy groups -OCH3 is 1. The van der Waals surface area contributed by atoms with E-state index in [4.69, 9.17) is 4.74 Å². The van der Waals surface area contributed by atoms with E-state index in [1.807, 2.05) is 30.3 Å². The molecule has 6 nitrogen and oxygen atoms in total. The van der Waals surface area contributed by atoms with E-state index in [1.165, 1.54) is 19.2 Å². The Kier molecular flexibility index (Phi) is 5.91. The van der Waals surface area contributed by atoms with Crippen LogP contribution < -0.4 is 10.1 Å². The molecule has 3 rings (SSSR count). The van der Waals surface area contributed by atoms with Crippen molar-refractivity contribution in [2.45, 2.75) is 6.61 Å². The van der Waals surface area contributed by atoms with Gasteiger partial charge in [-0.25, -0.2) is 4.79 Å². The van der Waals surface area contributed by atoms with Gasteiger partial charge in [-0.2, -0.15) is 0 Å². The summed E-state index contributed by atoms with van der Waals surface area (Å²) in [4.78, 5) is 24.2. The Morgan fingerprint density at radius 2 is 1.71 bits per heavy atom. The second kappa shape index (κ2) is 8.73. The van der Waals surface area contributed by atoms with Gasteiger partial charge in [0.25, 0.3) is 5.91 Å². The maximum absolute atomic E-state index is 12.5. The van der Waals surface area contributed by atoms with Crippen LogP contribution in [-0.2, 0) is 11.3 Å². The number of nitrogens with one attached hydrogen (secondary N) is 1. The summed E-state index contributed by atoms with van der Waals surface area (Å²) in [5.74, 6) is -0.935. The highest BCUT2D eigenvalue weighted by Gasteiger charge is 2.16. The number of carbonyl (C=O) groups excluding carboxylic acids is 2. The maximum Gasteiger partial charge on any atom is 0.341 e. The van der Waals surface area contributed by atoms with Gasteiger partial charge in [-0.05, 0) is 35.9 Å². The zero-order valence-corrected chi connectivity index (χ0v) is 15.2. The number of ether oxygens (including phenoxy) is 2. The molecule has 0 unspecified atom stereocenters. The average Bonchev–Trinajstić information content (AvgIpc) is 2.74. The summed E-state index contributed by atoms with van der Waals surface area (Å²) in [6, 6.07) is 20.8. The van der Waals surface area contributed by atoms with E-state index < -0.39 is 11.9 Å². The lowest BCUT2D eigenvalue weighted by atomic mass is 10.1. The van der Waals surface area contributed by atoms with E-state index in [0.29, 0.717) is 17.9 Å². The van der Waals surface area contributed by atoms with Gasteiger partial charge in [0.1, 0.15) is 17.9 Å². The minimum absolute atomic E-state index is 0.0276. The average molecular weight is 377 g/mol. The largest absolute Gasteiger partial charge is 0.505 e. The normalized spacial score (nSPS) is 10.2. The zero-order chi connectivity index (χ0) is 19.9. The number of hydrogen-bond donors (Lipinski definition) is 2. The van der Waals surface area contributed by atoms with Crippen molar-refractivity contribution < 1.29 is 24.2 Å². The van der Waals surface area contributed by atoms with Crippen molar-refractivity contribution in [1.29, 1.82) is 0 Å². The summed E-state index contributed by atoms with van der Waals surface area (Å²) in [6.45, 7) is 0.383. The zero-order valence-electron chi connectivity index (χ0n) is 15.2. The van der Waals surface area contributed by atoms with Crippen molar-refractivity contribution in [2.75, 3.05) is 12.4 Å². The maximum atomic E-state index is 12.5. The lowest BCUT2D eigenvalue weighted by Crippen LogP contribution is -2.13. The Bertz CT molecular complexity index is 985. The molecule has 3 aromatic rings. The van der Waals surface area contributed by atoms with Crippen molar-refractivity contribution in [3.8, 4) is 11.5 Å². The molecule has 2 N–H and O–H groups in total. The number of aromatic hydroxyl groups is 1. The molecule has 0 fully saturated rings. The van der Waals surface area contributed by atoms with E-state index in [0.717, 1.165) is 5.56 Å². The van der Waals surface area contributed by atoms with Crippen molar-refractivity contribution in [3.63, 3.8) is 0 Å². The summed E-state index contributed by atoms with van der Waals surface area (Å²) < 4.78 is 10.3. The fraction of sp³-hybridized carbons (Fsp3) is 0.0909. The first-order valence-corrected chi connectivity index (χ1v) is 8.57. The minimum Gasteiger partial charge on any atom is -0.505 e. The van der Waals surface area contributed by atoms with Crippen molar-refractivity contribution in [1.82, 2.24) is 0 Å². The van der Waals surface area contributed by atoms with E-state index in [-0.39, 0.29) is 17.0 Å². The van der Waals surface area contributed by atoms with Crippen molar-refractivity contribution >= 4 is 17.6 Å². The van der Waals surface area contributed by atoms with Gasteiger partial charge in [0, 0.05) is 5.56 Å². The molecule has 0 aromatic heterocycles. The molecule has 0 saturated carbocycles. The first-order chi connectivity index (χ1) is 13.6. The first-order valence-electron chi connectivity index (χ1n) is 8.57. The molecule has 0 heterocycles. The Labute approximate surface area is 162 Å². The number of benzene rings is 3. The van der Waals surface area contributed by atoms with Gasteiger partial charge in [0.2, 0.25) is 0 Å². The molecule has 6 heteroatoms. The van der Waals surface area contributed by atoms with Gasteiger partial charge in [-0.1, -0.05) is 42.5 Å². The number of para-hydroxylation sites is 1. The Morgan fingerprint density at radius 3 is 2.46 bits per heavy atom. The van der Waals surface area contributed by atoms with Gasteiger partial charge < -0.3 is 19.9 Å². The van der Waals surface area contributed by atoms with E-state index in [2.05, 4.69) is 10.1 Å². The molecule has 0 atom stereocenters. The molecule has 0 bridgehead atoms. The predicted molar refractivity (Wildman–Crippen MR) is 105 cm³/mol. The molecule has 0 saturated heterocycles. The number of anilines is 1. The minimum atomic E-state index is -0.690. The molecule has 0 aliphatic rings. The lowest BCUT2D eigenvalue weighted by Gasteiger charge is -2.11. The van der Waals surface area contributed by atoms with Crippen LogP contribution in [0.3, 0.4) is 0 Å². The lowest BCUT2D eigenvalue weighted by molar-refractivity contribution is 0.0597. The molecule has 0 spiro atoms. The van der Waals surface area contributed by atoms with Crippen LogP contribution in [0.4, 0.5) is 5.69 Å². The van der Waals surface area contributed by atoms with Crippen LogP contribution >= 0.6 is 0 Å². The molecule has 1 amide bonds. The van der Waals surface area contributed by atoms with Crippen LogP contribution in [-0.4, -0.2) is 24.1 Å². The SMILES string of the molecule is COC(=O)c1cccc(NC(=O)c2cccc(OCc3ccccc3)c2)c1O. The number of phenolic OH excluding ortho intramolecular Hbond substituents is 1. The molecule has 0 aliphatic carbocycles. The van der Waals surface area contributed by atoms with Gasteiger partial charge in [-0.15, -0.1) is 0 Å². The Hall–Kier alpha value is -3.80. The van der Waals surface area contributed by atoms with E-state index in [9.17, 15) is 14.7 Å². The molecule has 0 aliphatic heterocycles. The molecule has 142 valence electrons. The number of carbonyl (C=O) groups is 2. The summed E-state index contributed by atoms with van der Waals surface area (Å²) in [5, 5.41) is 12.8. The van der Waals surface area contributed by atoms with Gasteiger partial charge in [0.05, 0.1) is 12.8 Å². The third-order valence-electron chi connectivity index (χ3n) is 4.03. The van der Waals surface area contributed by atoms with Crippen molar-refractivity contribution in [3.05, 3.63) is 89.5 Å². The fourth-order valence-electron chi connectivity index (χ4n) is 2.58. The topological polar surface area (TPSA) is 84.9 Å². The van der Waals surface area contributed by atoms with Crippen LogP contribution in [0.5, 0.6) is 11.5 Å². The highest BCUT2D eigenvalue weighted by Crippen LogP contribution is 2.28. The second-order valence-electron chi connectivity index (χ2n) is 5.95. The van der Waals surface area contributed by atoms with Gasteiger partial charge >= 0.3 is 5.97 Å². The third-order valence-corrected chi connectivity index (χ3v) is 4.03. The number of phenols is 1. The summed E-state index contributed by atoms with van der Waals surface area (Å²) >= 11 is 0. The Morgan fingerprint density at radius 1 is 0.964 bits per heavy atom. The van der Waals surface area contributed by atoms with Gasteiger partial charge in [0.15, 0.2) is 5.75 Å². The first kappa shape index (κ1) is 19.0. The molecule has 0 radical (unpaired) electrons. The highest BCUT2D eigenvalue weighted by molar-refractivity contribution is 6.06. The Balaban J connectivity index is 1.72. The smallest absolute Gasteiger partial charge is 0.341 e. The summed E-state index contributed by atoms with van der Waals surface area (Å²) in [7, 11) is 1.22. The van der Waals surface area contributed by atoms with Crippen LogP contribution in [0.1, 0.15) is 26.3 Å². The highest BCUT2D eigenvalue weighted by atomic mass is 16.5. The number of esters is 1. The van der Waals surface area contributed by atoms with Crippen LogP contribution in [0.15, 0.2) is 72.8 Å². The molecule has 28 heavy (non-hydrogen) atoms. The standard InChI is InChI=1S/C22H19NO5/c1-27-22(26)18-11-6-12-19(20(18)24)23-21(25)16-9-5-10-17(13-16)28-14-15-7-3-2-4-8-15/h2-13,24H,14H2,1H3,(H,23,25). The third kappa shape index (κ3) is 4.48. The molecular formula is C22H19NO5. The van der Waals surface area contributed by atoms with Gasteiger partial charge in [-0.3, -0.25) is 4.79 Å².